The molecule has 32 heavy (non-hydrogen) atoms. The van der Waals surface area contributed by atoms with Crippen molar-refractivity contribution in [2.24, 2.45) is 7.05 Å². The fourth-order valence-corrected chi connectivity index (χ4v) is 3.72. The first kappa shape index (κ1) is 22.0. The number of rotatable bonds is 7. The fraction of sp³-hybridized carbons (Fsp3) is 0.375. The van der Waals surface area contributed by atoms with Gasteiger partial charge in [0.1, 0.15) is 11.6 Å². The maximum Gasteiger partial charge on any atom is 0.254 e. The van der Waals surface area contributed by atoms with Crippen molar-refractivity contribution in [1.29, 1.82) is 0 Å². The number of nitrogens with zero attached hydrogens (tertiary/aromatic N) is 3. The standard InChI is InChI=1S/C24H28FN5O2/c1-13-7-22(25)20(24(32)28-17-5-6-17)9-18(13)16-8-19(21-11-30(4)29-15(21)3)23(26-10-16)27-14(2)12-31/h7-11,14,17,31H,5-6,12H2,1-4H3,(H,26,27)(H,28,32)/t14-/m0/s1. The van der Waals surface area contributed by atoms with E-state index in [0.29, 0.717) is 11.4 Å². The topological polar surface area (TPSA) is 92.1 Å². The SMILES string of the molecule is Cc1cc(F)c(C(=O)NC2CC2)cc1-c1cnc(N[C@@H](C)CO)c(-c2cn(C)nc2C)c1. The van der Waals surface area contributed by atoms with E-state index in [2.05, 4.69) is 20.7 Å². The Labute approximate surface area is 186 Å². The minimum Gasteiger partial charge on any atom is -0.394 e. The van der Waals surface area contributed by atoms with Crippen molar-refractivity contribution in [2.45, 2.75) is 45.7 Å². The number of halogens is 1. The number of carbonyl (C=O) groups is 1. The van der Waals surface area contributed by atoms with E-state index in [-0.39, 0.29) is 24.3 Å². The van der Waals surface area contributed by atoms with Gasteiger partial charge < -0.3 is 15.7 Å². The molecule has 0 bridgehead atoms. The van der Waals surface area contributed by atoms with Gasteiger partial charge in [-0.3, -0.25) is 9.48 Å². The molecule has 1 amide bonds. The van der Waals surface area contributed by atoms with Crippen LogP contribution in [-0.4, -0.2) is 44.5 Å². The van der Waals surface area contributed by atoms with Crippen LogP contribution < -0.4 is 10.6 Å². The van der Waals surface area contributed by atoms with E-state index in [0.717, 1.165) is 40.8 Å². The zero-order chi connectivity index (χ0) is 23.0. The quantitative estimate of drug-likeness (QED) is 0.525. The number of aliphatic hydroxyl groups excluding tert-OH is 1. The van der Waals surface area contributed by atoms with Gasteiger partial charge in [0.25, 0.3) is 5.91 Å². The van der Waals surface area contributed by atoms with Crippen LogP contribution in [0.15, 0.2) is 30.6 Å². The molecular formula is C24H28FN5O2. The van der Waals surface area contributed by atoms with Crippen LogP contribution in [-0.2, 0) is 7.05 Å². The van der Waals surface area contributed by atoms with Crippen molar-refractivity contribution in [3.8, 4) is 22.3 Å². The van der Waals surface area contributed by atoms with Gasteiger partial charge in [0.15, 0.2) is 0 Å². The number of amides is 1. The molecule has 3 aromatic rings. The average molecular weight is 438 g/mol. The third-order valence-corrected chi connectivity index (χ3v) is 5.63. The summed E-state index contributed by atoms with van der Waals surface area (Å²) >= 11 is 0. The molecule has 2 heterocycles. The molecule has 2 aromatic heterocycles. The minimum atomic E-state index is -0.532. The Kier molecular flexibility index (Phi) is 5.97. The first-order valence-corrected chi connectivity index (χ1v) is 10.8. The van der Waals surface area contributed by atoms with Gasteiger partial charge in [-0.05, 0) is 62.9 Å². The highest BCUT2D eigenvalue weighted by Crippen LogP contribution is 2.35. The van der Waals surface area contributed by atoms with Gasteiger partial charge in [-0.25, -0.2) is 9.37 Å². The molecule has 0 spiro atoms. The number of anilines is 1. The highest BCUT2D eigenvalue weighted by molar-refractivity contribution is 5.96. The molecule has 1 saturated carbocycles. The van der Waals surface area contributed by atoms with E-state index in [1.54, 1.807) is 16.9 Å². The molecule has 8 heteroatoms. The molecular weight excluding hydrogens is 409 g/mol. The number of aromatic nitrogens is 3. The zero-order valence-corrected chi connectivity index (χ0v) is 18.7. The third kappa shape index (κ3) is 4.50. The molecule has 0 aliphatic heterocycles. The molecule has 1 aliphatic carbocycles. The lowest BCUT2D eigenvalue weighted by atomic mass is 9.96. The van der Waals surface area contributed by atoms with Crippen LogP contribution in [0.1, 0.15) is 41.4 Å². The lowest BCUT2D eigenvalue weighted by molar-refractivity contribution is 0.0947. The number of nitrogens with one attached hydrogen (secondary N) is 2. The van der Waals surface area contributed by atoms with Crippen molar-refractivity contribution in [3.05, 3.63) is 53.2 Å². The summed E-state index contributed by atoms with van der Waals surface area (Å²) < 4.78 is 16.3. The first-order chi connectivity index (χ1) is 15.3. The number of aliphatic hydroxyl groups is 1. The number of hydrogen-bond donors (Lipinski definition) is 3. The summed E-state index contributed by atoms with van der Waals surface area (Å²) in [6.45, 7) is 5.57. The monoisotopic (exact) mass is 437 g/mol. The van der Waals surface area contributed by atoms with Crippen molar-refractivity contribution in [3.63, 3.8) is 0 Å². The lowest BCUT2D eigenvalue weighted by Gasteiger charge is -2.17. The van der Waals surface area contributed by atoms with Crippen LogP contribution in [0.4, 0.5) is 10.2 Å². The molecule has 0 saturated heterocycles. The van der Waals surface area contributed by atoms with Gasteiger partial charge in [-0.1, -0.05) is 0 Å². The van der Waals surface area contributed by atoms with Crippen molar-refractivity contribution >= 4 is 11.7 Å². The van der Waals surface area contributed by atoms with E-state index in [9.17, 15) is 14.3 Å². The largest absolute Gasteiger partial charge is 0.394 e. The first-order valence-electron chi connectivity index (χ1n) is 10.8. The molecule has 4 rings (SSSR count). The van der Waals surface area contributed by atoms with E-state index < -0.39 is 11.7 Å². The van der Waals surface area contributed by atoms with Crippen LogP contribution in [0, 0.1) is 19.7 Å². The van der Waals surface area contributed by atoms with Crippen LogP contribution in [0.2, 0.25) is 0 Å². The second-order valence-electron chi connectivity index (χ2n) is 8.54. The molecule has 7 nitrogen and oxygen atoms in total. The molecule has 1 aromatic carbocycles. The second-order valence-corrected chi connectivity index (χ2v) is 8.54. The Hall–Kier alpha value is -3.26. The van der Waals surface area contributed by atoms with Gasteiger partial charge in [0, 0.05) is 48.2 Å². The second kappa shape index (κ2) is 8.70. The Bertz CT molecular complexity index is 1170. The lowest BCUT2D eigenvalue weighted by Crippen LogP contribution is -2.26. The van der Waals surface area contributed by atoms with Gasteiger partial charge in [-0.2, -0.15) is 5.10 Å². The minimum absolute atomic E-state index is 0.0349. The van der Waals surface area contributed by atoms with Crippen molar-refractivity contribution in [2.75, 3.05) is 11.9 Å². The molecule has 1 aliphatic rings. The molecule has 1 atom stereocenters. The van der Waals surface area contributed by atoms with E-state index in [4.69, 9.17) is 0 Å². The molecule has 1 fully saturated rings. The molecule has 0 unspecified atom stereocenters. The fourth-order valence-electron chi connectivity index (χ4n) is 3.72. The summed E-state index contributed by atoms with van der Waals surface area (Å²) in [6.07, 6.45) is 5.48. The summed E-state index contributed by atoms with van der Waals surface area (Å²) in [6, 6.07) is 4.92. The van der Waals surface area contributed by atoms with Crippen molar-refractivity contribution in [1.82, 2.24) is 20.1 Å². The Morgan fingerprint density at radius 1 is 1.25 bits per heavy atom. The van der Waals surface area contributed by atoms with Crippen LogP contribution >= 0.6 is 0 Å². The number of pyridine rings is 1. The smallest absolute Gasteiger partial charge is 0.254 e. The predicted octanol–water partition coefficient (Wildman–Crippen LogP) is 3.59. The predicted molar refractivity (Wildman–Crippen MR) is 122 cm³/mol. The maximum absolute atomic E-state index is 14.6. The summed E-state index contributed by atoms with van der Waals surface area (Å²) in [5.74, 6) is -0.300. The van der Waals surface area contributed by atoms with Gasteiger partial charge >= 0.3 is 0 Å². The third-order valence-electron chi connectivity index (χ3n) is 5.63. The van der Waals surface area contributed by atoms with Crippen molar-refractivity contribution < 1.29 is 14.3 Å². The Morgan fingerprint density at radius 3 is 2.62 bits per heavy atom. The maximum atomic E-state index is 14.6. The summed E-state index contributed by atoms with van der Waals surface area (Å²) in [5, 5.41) is 20.0. The van der Waals surface area contributed by atoms with E-state index in [1.165, 1.54) is 6.07 Å². The van der Waals surface area contributed by atoms with Crippen LogP contribution in [0.3, 0.4) is 0 Å². The van der Waals surface area contributed by atoms with Crippen LogP contribution in [0.5, 0.6) is 0 Å². The van der Waals surface area contributed by atoms with E-state index >= 15 is 0 Å². The Morgan fingerprint density at radius 2 is 2.00 bits per heavy atom. The molecule has 168 valence electrons. The van der Waals surface area contributed by atoms with E-state index in [1.807, 2.05) is 40.1 Å². The highest BCUT2D eigenvalue weighted by atomic mass is 19.1. The molecule has 0 radical (unpaired) electrons. The zero-order valence-electron chi connectivity index (χ0n) is 18.7. The normalized spacial score (nSPS) is 14.3. The summed E-state index contributed by atoms with van der Waals surface area (Å²) in [4.78, 5) is 17.2. The number of hydrogen-bond acceptors (Lipinski definition) is 5. The Balaban J connectivity index is 1.81. The van der Waals surface area contributed by atoms with Gasteiger partial charge in [0.2, 0.25) is 0 Å². The van der Waals surface area contributed by atoms with Crippen LogP contribution in [0.25, 0.3) is 22.3 Å². The highest BCUT2D eigenvalue weighted by Gasteiger charge is 2.26. The average Bonchev–Trinajstić information content (AvgIpc) is 3.49. The summed E-state index contributed by atoms with van der Waals surface area (Å²) in [5.41, 5.74) is 4.82. The molecule has 3 N–H and O–H groups in total. The van der Waals surface area contributed by atoms with Gasteiger partial charge in [-0.15, -0.1) is 0 Å². The van der Waals surface area contributed by atoms with Gasteiger partial charge in [0.05, 0.1) is 17.9 Å². The number of benzene rings is 1. The summed E-state index contributed by atoms with van der Waals surface area (Å²) in [7, 11) is 1.85. The number of aryl methyl sites for hydroxylation is 3. The number of carbonyl (C=O) groups excluding carboxylic acids is 1.